The van der Waals surface area contributed by atoms with Crippen molar-refractivity contribution in [3.05, 3.63) is 54.1 Å². The lowest BCUT2D eigenvalue weighted by Crippen LogP contribution is -2.37. The summed E-state index contributed by atoms with van der Waals surface area (Å²) in [5.74, 6) is 1.85. The molecular weight excluding hydrogens is 390 g/mol. The Morgan fingerprint density at radius 1 is 0.923 bits per heavy atom. The van der Waals surface area contributed by atoms with Gasteiger partial charge in [-0.2, -0.15) is 11.8 Å². The second-order valence-electron chi connectivity index (χ2n) is 6.25. The summed E-state index contributed by atoms with van der Waals surface area (Å²) in [7, 11) is -7.55. The van der Waals surface area contributed by atoms with Gasteiger partial charge in [-0.05, 0) is 61.1 Å². The van der Waals surface area contributed by atoms with Crippen LogP contribution < -0.4 is 4.72 Å². The summed E-state index contributed by atoms with van der Waals surface area (Å²) in [6, 6.07) is 12.2. The van der Waals surface area contributed by atoms with E-state index in [1.807, 2.05) is 11.8 Å². The molecule has 1 fully saturated rings. The van der Waals surface area contributed by atoms with Crippen molar-refractivity contribution < 1.29 is 16.8 Å². The fourth-order valence-electron chi connectivity index (χ4n) is 2.87. The van der Waals surface area contributed by atoms with Gasteiger partial charge in [-0.15, -0.1) is 0 Å². The molecule has 2 aromatic rings. The van der Waals surface area contributed by atoms with Gasteiger partial charge in [0.1, 0.15) is 0 Å². The van der Waals surface area contributed by atoms with E-state index in [-0.39, 0.29) is 20.7 Å². The van der Waals surface area contributed by atoms with Crippen LogP contribution in [0.1, 0.15) is 18.4 Å². The molecule has 2 aromatic carbocycles. The summed E-state index contributed by atoms with van der Waals surface area (Å²) in [6.07, 6.45) is 1.57. The molecule has 0 spiro atoms. The quantitative estimate of drug-likeness (QED) is 0.818. The number of nitrogens with one attached hydrogen (secondary N) is 1. The number of sulfonamides is 1. The van der Waals surface area contributed by atoms with Crippen LogP contribution in [0.5, 0.6) is 0 Å². The van der Waals surface area contributed by atoms with Crippen molar-refractivity contribution >= 4 is 31.6 Å². The Kier molecular flexibility index (Phi) is 5.76. The van der Waals surface area contributed by atoms with E-state index in [2.05, 4.69) is 4.72 Å². The third-order valence-electron chi connectivity index (χ3n) is 4.36. The third kappa shape index (κ3) is 4.14. The Bertz CT molecular complexity index is 980. The van der Waals surface area contributed by atoms with Gasteiger partial charge in [-0.25, -0.2) is 21.6 Å². The molecule has 0 atom stereocenters. The molecule has 1 aliphatic rings. The zero-order chi connectivity index (χ0) is 18.8. The van der Waals surface area contributed by atoms with Gasteiger partial charge in [0.05, 0.1) is 14.7 Å². The Balaban J connectivity index is 1.97. The van der Waals surface area contributed by atoms with E-state index in [4.69, 9.17) is 0 Å². The summed E-state index contributed by atoms with van der Waals surface area (Å²) >= 11 is 1.81. The normalized spacial score (nSPS) is 16.5. The number of benzene rings is 2. The minimum absolute atomic E-state index is 0.0196. The zero-order valence-electron chi connectivity index (χ0n) is 14.4. The number of hydrogen-bond acceptors (Lipinski definition) is 5. The summed E-state index contributed by atoms with van der Waals surface area (Å²) in [4.78, 5) is 0.145. The molecule has 140 valence electrons. The Hall–Kier alpha value is -1.35. The van der Waals surface area contributed by atoms with Crippen molar-refractivity contribution in [2.24, 2.45) is 0 Å². The number of aryl methyl sites for hydroxylation is 1. The molecule has 3 rings (SSSR count). The van der Waals surface area contributed by atoms with Gasteiger partial charge in [0.25, 0.3) is 0 Å². The maximum Gasteiger partial charge on any atom is 0.241 e. The fourth-order valence-corrected chi connectivity index (χ4v) is 6.94. The van der Waals surface area contributed by atoms with E-state index >= 15 is 0 Å². The molecule has 0 radical (unpaired) electrons. The molecule has 0 bridgehead atoms. The average Bonchev–Trinajstić information content (AvgIpc) is 2.63. The van der Waals surface area contributed by atoms with Crippen LogP contribution in [0.2, 0.25) is 0 Å². The summed E-state index contributed by atoms with van der Waals surface area (Å²) in [6.45, 7) is 1.67. The minimum Gasteiger partial charge on any atom is -0.219 e. The monoisotopic (exact) mass is 411 g/mol. The fraction of sp³-hybridized carbons (Fsp3) is 0.333. The molecular formula is C18H21NO4S3. The van der Waals surface area contributed by atoms with Crippen LogP contribution in [0.25, 0.3) is 0 Å². The van der Waals surface area contributed by atoms with Gasteiger partial charge in [0, 0.05) is 6.04 Å². The average molecular weight is 412 g/mol. The standard InChI is InChI=1S/C18H21NO4S3/c1-14-7-8-17(25(20,21)16-5-3-2-4-6-16)13-18(14)26(22,23)19-15-9-11-24-12-10-15/h2-8,13,15,19H,9-12H2,1H3. The first-order valence-electron chi connectivity index (χ1n) is 8.31. The number of thioether (sulfide) groups is 1. The minimum atomic E-state index is -3.78. The molecule has 5 nitrogen and oxygen atoms in total. The Labute approximate surface area is 159 Å². The lowest BCUT2D eigenvalue weighted by atomic mass is 10.2. The van der Waals surface area contributed by atoms with Gasteiger partial charge < -0.3 is 0 Å². The van der Waals surface area contributed by atoms with E-state index in [0.717, 1.165) is 24.3 Å². The van der Waals surface area contributed by atoms with Crippen LogP contribution in [-0.4, -0.2) is 34.4 Å². The van der Waals surface area contributed by atoms with Crippen LogP contribution in [0, 0.1) is 6.92 Å². The van der Waals surface area contributed by atoms with Crippen LogP contribution in [-0.2, 0) is 19.9 Å². The Morgan fingerprint density at radius 2 is 1.58 bits per heavy atom. The van der Waals surface area contributed by atoms with Gasteiger partial charge in [0.2, 0.25) is 19.9 Å². The summed E-state index contributed by atoms with van der Waals surface area (Å²) < 4.78 is 54.0. The number of sulfone groups is 1. The molecule has 0 saturated carbocycles. The molecule has 0 aromatic heterocycles. The van der Waals surface area contributed by atoms with Gasteiger partial charge in [-0.1, -0.05) is 24.3 Å². The molecule has 1 saturated heterocycles. The lowest BCUT2D eigenvalue weighted by molar-refractivity contribution is 0.528. The first-order valence-corrected chi connectivity index (χ1v) is 12.4. The van der Waals surface area contributed by atoms with Crippen molar-refractivity contribution in [3.8, 4) is 0 Å². The molecule has 26 heavy (non-hydrogen) atoms. The van der Waals surface area contributed by atoms with E-state index in [9.17, 15) is 16.8 Å². The van der Waals surface area contributed by atoms with Crippen LogP contribution in [0.3, 0.4) is 0 Å². The molecule has 0 aliphatic carbocycles. The van der Waals surface area contributed by atoms with Crippen molar-refractivity contribution in [2.75, 3.05) is 11.5 Å². The second-order valence-corrected chi connectivity index (χ2v) is 11.1. The van der Waals surface area contributed by atoms with Crippen molar-refractivity contribution in [3.63, 3.8) is 0 Å². The highest BCUT2D eigenvalue weighted by atomic mass is 32.2. The van der Waals surface area contributed by atoms with E-state index in [1.165, 1.54) is 24.3 Å². The highest BCUT2D eigenvalue weighted by Crippen LogP contribution is 2.26. The first-order chi connectivity index (χ1) is 12.3. The lowest BCUT2D eigenvalue weighted by Gasteiger charge is -2.23. The smallest absolute Gasteiger partial charge is 0.219 e. The van der Waals surface area contributed by atoms with Gasteiger partial charge >= 0.3 is 0 Å². The molecule has 0 amide bonds. The van der Waals surface area contributed by atoms with E-state index in [1.54, 1.807) is 31.2 Å². The second kappa shape index (κ2) is 7.72. The summed E-state index contributed by atoms with van der Waals surface area (Å²) in [5.41, 5.74) is 0.523. The van der Waals surface area contributed by atoms with Crippen LogP contribution in [0.4, 0.5) is 0 Å². The maximum atomic E-state index is 12.8. The molecule has 1 N–H and O–H groups in total. The van der Waals surface area contributed by atoms with Gasteiger partial charge in [-0.3, -0.25) is 0 Å². The SMILES string of the molecule is Cc1ccc(S(=O)(=O)c2ccccc2)cc1S(=O)(=O)NC1CCSCC1. The van der Waals surface area contributed by atoms with E-state index in [0.29, 0.717) is 5.56 Å². The molecule has 1 heterocycles. The maximum absolute atomic E-state index is 12.8. The predicted octanol–water partition coefficient (Wildman–Crippen LogP) is 3.00. The molecule has 8 heteroatoms. The summed E-state index contributed by atoms with van der Waals surface area (Å²) in [5, 5.41) is 0. The number of hydrogen-bond donors (Lipinski definition) is 1. The molecule has 0 unspecified atom stereocenters. The highest BCUT2D eigenvalue weighted by Gasteiger charge is 2.26. The largest absolute Gasteiger partial charge is 0.241 e. The number of rotatable bonds is 5. The molecule has 1 aliphatic heterocycles. The van der Waals surface area contributed by atoms with Gasteiger partial charge in [0.15, 0.2) is 0 Å². The zero-order valence-corrected chi connectivity index (χ0v) is 16.8. The van der Waals surface area contributed by atoms with Crippen LogP contribution >= 0.6 is 11.8 Å². The Morgan fingerprint density at radius 3 is 2.23 bits per heavy atom. The highest BCUT2D eigenvalue weighted by molar-refractivity contribution is 7.99. The first kappa shape index (κ1) is 19.4. The van der Waals surface area contributed by atoms with Crippen molar-refractivity contribution in [2.45, 2.75) is 40.5 Å². The third-order valence-corrected chi connectivity index (χ3v) is 8.83. The predicted molar refractivity (Wildman–Crippen MR) is 104 cm³/mol. The van der Waals surface area contributed by atoms with Crippen molar-refractivity contribution in [1.29, 1.82) is 0 Å². The van der Waals surface area contributed by atoms with E-state index < -0.39 is 19.9 Å². The topological polar surface area (TPSA) is 80.3 Å². The van der Waals surface area contributed by atoms with Crippen molar-refractivity contribution in [1.82, 2.24) is 4.72 Å². The van der Waals surface area contributed by atoms with Crippen LogP contribution in [0.15, 0.2) is 63.2 Å².